The summed E-state index contributed by atoms with van der Waals surface area (Å²) in [6.07, 6.45) is -0.647. The van der Waals surface area contributed by atoms with Gasteiger partial charge in [-0.3, -0.25) is 4.90 Å². The zero-order valence-corrected chi connectivity index (χ0v) is 12.3. The minimum atomic E-state index is -4.22. The van der Waals surface area contributed by atoms with Crippen molar-refractivity contribution in [2.24, 2.45) is 0 Å². The Morgan fingerprint density at radius 2 is 1.68 bits per heavy atom. The molecule has 0 radical (unpaired) electrons. The lowest BCUT2D eigenvalue weighted by Gasteiger charge is -2.17. The number of fused-ring (bicyclic) bond motifs is 2. The summed E-state index contributed by atoms with van der Waals surface area (Å²) in [7, 11) is 1.77. The molecule has 2 atom stereocenters. The standard InChI is InChI=1S/C14H12F3IN/c1-19-10-7-8-11(19)13(12(10)14(15,16)17)18-9-5-3-2-4-6-9/h2-8,10-11H,1H3/q+1. The number of nitrogens with zero attached hydrogens (tertiary/aromatic N) is 1. The zero-order chi connectivity index (χ0) is 13.6. The van der Waals surface area contributed by atoms with E-state index < -0.39 is 33.4 Å². The highest BCUT2D eigenvalue weighted by Crippen LogP contribution is 2.41. The Bertz CT molecular complexity index is 548. The summed E-state index contributed by atoms with van der Waals surface area (Å²) in [6.45, 7) is 0. The van der Waals surface area contributed by atoms with Gasteiger partial charge in [-0.05, 0) is 19.2 Å². The normalized spacial score (nSPS) is 26.5. The molecule has 0 aliphatic carbocycles. The molecule has 100 valence electrons. The summed E-state index contributed by atoms with van der Waals surface area (Å²) in [5.41, 5.74) is -0.320. The summed E-state index contributed by atoms with van der Waals surface area (Å²) in [5.74, 6) is 0. The minimum Gasteiger partial charge on any atom is -0.282 e. The fourth-order valence-corrected chi connectivity index (χ4v) is 5.85. The van der Waals surface area contributed by atoms with Gasteiger partial charge in [-0.2, -0.15) is 13.2 Å². The van der Waals surface area contributed by atoms with Crippen LogP contribution >= 0.6 is 0 Å². The van der Waals surface area contributed by atoms with Crippen molar-refractivity contribution in [3.05, 3.63) is 55.2 Å². The number of rotatable bonds is 2. The van der Waals surface area contributed by atoms with Gasteiger partial charge in [-0.15, -0.1) is 0 Å². The Kier molecular flexibility index (Phi) is 3.21. The average molecular weight is 378 g/mol. The maximum Gasteiger partial charge on any atom is 0.418 e. The molecule has 0 N–H and O–H groups in total. The van der Waals surface area contributed by atoms with Gasteiger partial charge in [0.1, 0.15) is 5.57 Å². The summed E-state index contributed by atoms with van der Waals surface area (Å²) in [5, 5.41) is 0. The molecule has 0 aromatic heterocycles. The summed E-state index contributed by atoms with van der Waals surface area (Å²) < 4.78 is 41.4. The van der Waals surface area contributed by atoms with Gasteiger partial charge in [0, 0.05) is 0 Å². The largest absolute Gasteiger partial charge is 0.418 e. The van der Waals surface area contributed by atoms with E-state index in [-0.39, 0.29) is 11.6 Å². The summed E-state index contributed by atoms with van der Waals surface area (Å²) in [6, 6.07) is 8.76. The van der Waals surface area contributed by atoms with Crippen LogP contribution in [0.15, 0.2) is 51.6 Å². The topological polar surface area (TPSA) is 3.24 Å². The molecule has 0 saturated heterocycles. The first kappa shape index (κ1) is 13.2. The number of alkyl halides is 3. The third-order valence-corrected chi connectivity index (χ3v) is 6.56. The van der Waals surface area contributed by atoms with Gasteiger partial charge in [0.15, 0.2) is 3.57 Å². The molecule has 1 nitrogen and oxygen atoms in total. The van der Waals surface area contributed by atoms with E-state index in [0.717, 1.165) is 3.57 Å². The zero-order valence-electron chi connectivity index (χ0n) is 10.2. The monoisotopic (exact) mass is 378 g/mol. The lowest BCUT2D eigenvalue weighted by molar-refractivity contribution is -0.581. The smallest absolute Gasteiger partial charge is 0.282 e. The SMILES string of the molecule is CN1C2C=CC1C(C(F)(F)F)=C2[I+]c1ccccc1. The van der Waals surface area contributed by atoms with Gasteiger partial charge < -0.3 is 0 Å². The van der Waals surface area contributed by atoms with Crippen LogP contribution in [0.25, 0.3) is 0 Å². The van der Waals surface area contributed by atoms with Crippen molar-refractivity contribution in [2.75, 3.05) is 7.05 Å². The number of hydrogen-bond donors (Lipinski definition) is 0. The van der Waals surface area contributed by atoms with Gasteiger partial charge >= 0.3 is 27.4 Å². The predicted octanol–water partition coefficient (Wildman–Crippen LogP) is 0.0140. The van der Waals surface area contributed by atoms with Crippen molar-refractivity contribution in [1.82, 2.24) is 4.90 Å². The van der Waals surface area contributed by atoms with E-state index in [1.807, 2.05) is 36.4 Å². The van der Waals surface area contributed by atoms with Gasteiger partial charge in [0.25, 0.3) is 0 Å². The van der Waals surface area contributed by atoms with Crippen molar-refractivity contribution in [1.29, 1.82) is 0 Å². The molecule has 2 unspecified atom stereocenters. The van der Waals surface area contributed by atoms with Crippen LogP contribution in [0.3, 0.4) is 0 Å². The molecule has 1 aromatic rings. The Hall–Kier alpha value is -0.820. The van der Waals surface area contributed by atoms with Crippen molar-refractivity contribution in [3.63, 3.8) is 0 Å². The molecule has 0 spiro atoms. The fraction of sp³-hybridized carbons (Fsp3) is 0.286. The van der Waals surface area contributed by atoms with Gasteiger partial charge in [0.05, 0.1) is 12.1 Å². The molecule has 5 heteroatoms. The van der Waals surface area contributed by atoms with E-state index in [1.54, 1.807) is 18.0 Å². The quantitative estimate of drug-likeness (QED) is 0.518. The third-order valence-electron chi connectivity index (χ3n) is 3.42. The number of likely N-dealkylation sites (N-methyl/N-ethyl adjacent to an activating group) is 1. The third kappa shape index (κ3) is 2.23. The number of halogens is 4. The minimum absolute atomic E-state index is 0.158. The molecular formula is C14H12F3IN+. The molecule has 3 rings (SSSR count). The van der Waals surface area contributed by atoms with Crippen LogP contribution in [0.1, 0.15) is 0 Å². The molecule has 2 bridgehead atoms. The molecule has 1 aromatic carbocycles. The highest BCUT2D eigenvalue weighted by Gasteiger charge is 2.56. The molecular weight excluding hydrogens is 366 g/mol. The Morgan fingerprint density at radius 1 is 1.05 bits per heavy atom. The van der Waals surface area contributed by atoms with E-state index in [1.165, 1.54) is 0 Å². The van der Waals surface area contributed by atoms with Crippen molar-refractivity contribution >= 4 is 0 Å². The summed E-state index contributed by atoms with van der Waals surface area (Å²) in [4.78, 5) is 1.81. The van der Waals surface area contributed by atoms with Crippen LogP contribution in [0.2, 0.25) is 0 Å². The highest BCUT2D eigenvalue weighted by atomic mass is 127. The molecule has 0 fully saturated rings. The second kappa shape index (κ2) is 4.63. The maximum atomic E-state index is 13.2. The van der Waals surface area contributed by atoms with E-state index in [9.17, 15) is 13.2 Å². The molecule has 0 amide bonds. The van der Waals surface area contributed by atoms with Crippen LogP contribution in [0.4, 0.5) is 13.2 Å². The number of hydrogen-bond acceptors (Lipinski definition) is 1. The van der Waals surface area contributed by atoms with Crippen molar-refractivity contribution < 1.29 is 34.4 Å². The second-order valence-corrected chi connectivity index (χ2v) is 7.54. The first-order valence-electron chi connectivity index (χ1n) is 5.90. The lowest BCUT2D eigenvalue weighted by Crippen LogP contribution is -3.61. The summed E-state index contributed by atoms with van der Waals surface area (Å²) >= 11 is -0.760. The van der Waals surface area contributed by atoms with Crippen LogP contribution in [0, 0.1) is 3.57 Å². The van der Waals surface area contributed by atoms with Gasteiger partial charge in [-0.1, -0.05) is 30.4 Å². The Labute approximate surface area is 120 Å². The predicted molar refractivity (Wildman–Crippen MR) is 62.7 cm³/mol. The van der Waals surface area contributed by atoms with E-state index in [4.69, 9.17) is 0 Å². The fourth-order valence-electron chi connectivity index (χ4n) is 2.52. The van der Waals surface area contributed by atoms with Crippen molar-refractivity contribution in [2.45, 2.75) is 18.3 Å². The lowest BCUT2D eigenvalue weighted by atomic mass is 10.1. The van der Waals surface area contributed by atoms with E-state index in [0.29, 0.717) is 3.58 Å². The first-order valence-corrected chi connectivity index (χ1v) is 8.05. The number of benzene rings is 1. The maximum absolute atomic E-state index is 13.2. The molecule has 2 heterocycles. The Balaban J connectivity index is 1.99. The highest BCUT2D eigenvalue weighted by molar-refractivity contribution is 5.42. The van der Waals surface area contributed by atoms with Crippen LogP contribution in [0.5, 0.6) is 0 Å². The van der Waals surface area contributed by atoms with E-state index in [2.05, 4.69) is 0 Å². The molecule has 19 heavy (non-hydrogen) atoms. The van der Waals surface area contributed by atoms with Crippen LogP contribution < -0.4 is 21.2 Å². The first-order chi connectivity index (χ1) is 8.98. The van der Waals surface area contributed by atoms with E-state index >= 15 is 0 Å². The molecule has 2 aliphatic rings. The van der Waals surface area contributed by atoms with Crippen LogP contribution in [-0.2, 0) is 0 Å². The average Bonchev–Trinajstić information content (AvgIpc) is 2.83. The molecule has 2 aliphatic heterocycles. The van der Waals surface area contributed by atoms with Crippen LogP contribution in [-0.4, -0.2) is 30.2 Å². The second-order valence-electron chi connectivity index (χ2n) is 4.59. The van der Waals surface area contributed by atoms with Gasteiger partial charge in [-0.25, -0.2) is 0 Å². The molecule has 0 saturated carbocycles. The van der Waals surface area contributed by atoms with Crippen molar-refractivity contribution in [3.8, 4) is 0 Å². The van der Waals surface area contributed by atoms with Gasteiger partial charge in [0.2, 0.25) is 3.58 Å². The Morgan fingerprint density at radius 3 is 2.32 bits per heavy atom.